The molecule has 1 unspecified atom stereocenters. The molecule has 0 fully saturated rings. The van der Waals surface area contributed by atoms with Gasteiger partial charge in [-0.3, -0.25) is 0 Å². The largest absolute Gasteiger partial charge is 0.324 e. The first-order valence-corrected chi connectivity index (χ1v) is 5.29. The molecule has 2 rings (SSSR count). The van der Waals surface area contributed by atoms with Crippen LogP contribution in [0.2, 0.25) is 0 Å². The van der Waals surface area contributed by atoms with Crippen molar-refractivity contribution in [1.29, 1.82) is 0 Å². The lowest BCUT2D eigenvalue weighted by molar-refractivity contribution is 0.550. The average Bonchev–Trinajstić information content (AvgIpc) is 2.17. The molecule has 0 aromatic carbocycles. The van der Waals surface area contributed by atoms with Gasteiger partial charge in [0.1, 0.15) is 5.82 Å². The first-order valence-electron chi connectivity index (χ1n) is 5.29. The van der Waals surface area contributed by atoms with Gasteiger partial charge in [0.15, 0.2) is 0 Å². The number of hydrogen-bond acceptors (Lipinski definition) is 3. The third-order valence-corrected chi connectivity index (χ3v) is 2.76. The lowest BCUT2D eigenvalue weighted by atomic mass is 9.93. The second-order valence-corrected chi connectivity index (χ2v) is 4.28. The molecule has 0 aliphatic heterocycles. The summed E-state index contributed by atoms with van der Waals surface area (Å²) in [4.78, 5) is 8.92. The second kappa shape index (κ2) is 3.65. The summed E-state index contributed by atoms with van der Waals surface area (Å²) in [6, 6.07) is 0.153. The number of aromatic nitrogens is 2. The molecule has 1 atom stereocenters. The van der Waals surface area contributed by atoms with Crippen LogP contribution in [0, 0.1) is 0 Å². The number of hydrogen-bond donors (Lipinski definition) is 1. The van der Waals surface area contributed by atoms with Crippen LogP contribution in [0.4, 0.5) is 0 Å². The summed E-state index contributed by atoms with van der Waals surface area (Å²) in [5, 5.41) is 0. The summed E-state index contributed by atoms with van der Waals surface area (Å²) in [6.45, 7) is 4.23. The zero-order valence-corrected chi connectivity index (χ0v) is 8.83. The molecule has 0 saturated heterocycles. The summed E-state index contributed by atoms with van der Waals surface area (Å²) < 4.78 is 0. The zero-order chi connectivity index (χ0) is 10.1. The first kappa shape index (κ1) is 9.59. The van der Waals surface area contributed by atoms with E-state index in [9.17, 15) is 0 Å². The van der Waals surface area contributed by atoms with Gasteiger partial charge >= 0.3 is 0 Å². The van der Waals surface area contributed by atoms with E-state index in [1.165, 1.54) is 5.69 Å². The topological polar surface area (TPSA) is 51.8 Å². The van der Waals surface area contributed by atoms with Gasteiger partial charge in [-0.1, -0.05) is 13.8 Å². The highest BCUT2D eigenvalue weighted by Crippen LogP contribution is 2.26. The molecule has 3 heteroatoms. The summed E-state index contributed by atoms with van der Waals surface area (Å²) in [7, 11) is 0. The zero-order valence-electron chi connectivity index (χ0n) is 8.83. The highest BCUT2D eigenvalue weighted by atomic mass is 14.9. The number of fused-ring (bicyclic) bond motifs is 1. The van der Waals surface area contributed by atoms with Crippen LogP contribution in [-0.4, -0.2) is 9.97 Å². The van der Waals surface area contributed by atoms with E-state index in [2.05, 4.69) is 23.8 Å². The minimum atomic E-state index is 0.153. The Morgan fingerprint density at radius 1 is 1.50 bits per heavy atom. The maximum Gasteiger partial charge on any atom is 0.131 e. The maximum atomic E-state index is 5.99. The third-order valence-electron chi connectivity index (χ3n) is 2.76. The molecular weight excluding hydrogens is 174 g/mol. The predicted molar refractivity (Wildman–Crippen MR) is 56.0 cm³/mol. The van der Waals surface area contributed by atoms with E-state index in [1.54, 1.807) is 0 Å². The van der Waals surface area contributed by atoms with Crippen LogP contribution < -0.4 is 5.73 Å². The molecule has 1 heterocycles. The van der Waals surface area contributed by atoms with Gasteiger partial charge in [0.25, 0.3) is 0 Å². The first-order chi connectivity index (χ1) is 6.68. The quantitative estimate of drug-likeness (QED) is 0.738. The van der Waals surface area contributed by atoms with E-state index in [-0.39, 0.29) is 6.04 Å². The van der Waals surface area contributed by atoms with E-state index in [0.29, 0.717) is 5.92 Å². The highest BCUT2D eigenvalue weighted by Gasteiger charge is 2.19. The Morgan fingerprint density at radius 2 is 2.29 bits per heavy atom. The number of aryl methyl sites for hydroxylation is 1. The highest BCUT2D eigenvalue weighted by molar-refractivity contribution is 5.24. The van der Waals surface area contributed by atoms with Crippen molar-refractivity contribution in [3.05, 3.63) is 23.3 Å². The summed E-state index contributed by atoms with van der Waals surface area (Å²) in [6.07, 6.45) is 5.20. The molecule has 14 heavy (non-hydrogen) atoms. The molecule has 0 bridgehead atoms. The lowest BCUT2D eigenvalue weighted by Gasteiger charge is -2.21. The van der Waals surface area contributed by atoms with E-state index in [4.69, 9.17) is 5.73 Å². The van der Waals surface area contributed by atoms with Gasteiger partial charge in [-0.05, 0) is 19.3 Å². The van der Waals surface area contributed by atoms with Crippen LogP contribution in [0.5, 0.6) is 0 Å². The second-order valence-electron chi connectivity index (χ2n) is 4.28. The molecule has 76 valence electrons. The van der Waals surface area contributed by atoms with Crippen molar-refractivity contribution in [1.82, 2.24) is 9.97 Å². The van der Waals surface area contributed by atoms with Crippen molar-refractivity contribution >= 4 is 0 Å². The van der Waals surface area contributed by atoms with Gasteiger partial charge in [-0.2, -0.15) is 0 Å². The van der Waals surface area contributed by atoms with E-state index < -0.39 is 0 Å². The van der Waals surface area contributed by atoms with Gasteiger partial charge in [0.05, 0.1) is 0 Å². The summed E-state index contributed by atoms with van der Waals surface area (Å²) >= 11 is 0. The number of rotatable bonds is 1. The Labute approximate surface area is 84.8 Å². The molecule has 1 aromatic heterocycles. The van der Waals surface area contributed by atoms with E-state index in [1.807, 2.05) is 6.20 Å². The molecule has 1 aromatic rings. The molecule has 0 saturated carbocycles. The monoisotopic (exact) mass is 191 g/mol. The van der Waals surface area contributed by atoms with Crippen molar-refractivity contribution < 1.29 is 0 Å². The SMILES string of the molecule is CC(C)c1ncc2c(n1)CCCC2N. The van der Waals surface area contributed by atoms with Crippen molar-refractivity contribution in [2.75, 3.05) is 0 Å². The molecule has 3 nitrogen and oxygen atoms in total. The average molecular weight is 191 g/mol. The Hall–Kier alpha value is -0.960. The summed E-state index contributed by atoms with van der Waals surface area (Å²) in [5.74, 6) is 1.34. The molecular formula is C11H17N3. The molecule has 1 aliphatic rings. The predicted octanol–water partition coefficient (Wildman–Crippen LogP) is 1.94. The van der Waals surface area contributed by atoms with Crippen LogP contribution in [0.25, 0.3) is 0 Å². The molecule has 0 amide bonds. The molecule has 2 N–H and O–H groups in total. The Balaban J connectivity index is 2.39. The smallest absolute Gasteiger partial charge is 0.131 e. The number of nitrogens with zero attached hydrogens (tertiary/aromatic N) is 2. The van der Waals surface area contributed by atoms with Crippen LogP contribution >= 0.6 is 0 Å². The Bertz CT molecular complexity index is 333. The minimum Gasteiger partial charge on any atom is -0.324 e. The van der Waals surface area contributed by atoms with Crippen molar-refractivity contribution in [3.63, 3.8) is 0 Å². The van der Waals surface area contributed by atoms with Gasteiger partial charge < -0.3 is 5.73 Å². The van der Waals surface area contributed by atoms with E-state index in [0.717, 1.165) is 30.7 Å². The van der Waals surface area contributed by atoms with Gasteiger partial charge in [0.2, 0.25) is 0 Å². The Kier molecular flexibility index (Phi) is 2.50. The maximum absolute atomic E-state index is 5.99. The van der Waals surface area contributed by atoms with Crippen LogP contribution in [0.3, 0.4) is 0 Å². The van der Waals surface area contributed by atoms with Crippen LogP contribution in [-0.2, 0) is 6.42 Å². The fourth-order valence-corrected chi connectivity index (χ4v) is 1.87. The fourth-order valence-electron chi connectivity index (χ4n) is 1.87. The van der Waals surface area contributed by atoms with Gasteiger partial charge in [-0.25, -0.2) is 9.97 Å². The van der Waals surface area contributed by atoms with Crippen molar-refractivity contribution in [2.24, 2.45) is 5.73 Å². The molecule has 0 radical (unpaired) electrons. The van der Waals surface area contributed by atoms with E-state index >= 15 is 0 Å². The molecule has 0 spiro atoms. The van der Waals surface area contributed by atoms with Crippen molar-refractivity contribution in [2.45, 2.75) is 45.1 Å². The summed E-state index contributed by atoms with van der Waals surface area (Å²) in [5.41, 5.74) is 8.31. The number of nitrogens with two attached hydrogens (primary N) is 1. The third kappa shape index (κ3) is 1.64. The van der Waals surface area contributed by atoms with Gasteiger partial charge in [0, 0.05) is 29.4 Å². The Morgan fingerprint density at radius 3 is 3.00 bits per heavy atom. The van der Waals surface area contributed by atoms with Gasteiger partial charge in [-0.15, -0.1) is 0 Å². The van der Waals surface area contributed by atoms with Crippen LogP contribution in [0.15, 0.2) is 6.20 Å². The lowest BCUT2D eigenvalue weighted by Crippen LogP contribution is -2.20. The fraction of sp³-hybridized carbons (Fsp3) is 0.636. The minimum absolute atomic E-state index is 0.153. The normalized spacial score (nSPS) is 21.0. The standard InChI is InChI=1S/C11H17N3/c1-7(2)11-13-6-8-9(12)4-3-5-10(8)14-11/h6-7,9H,3-5,12H2,1-2H3. The van der Waals surface area contributed by atoms with Crippen LogP contribution in [0.1, 0.15) is 55.7 Å². The molecule has 1 aliphatic carbocycles. The van der Waals surface area contributed by atoms with Crippen molar-refractivity contribution in [3.8, 4) is 0 Å².